The maximum absolute atomic E-state index is 12.0. The molecule has 0 amide bonds. The molecule has 0 spiro atoms. The molecule has 0 aliphatic carbocycles. The molecule has 19 heavy (non-hydrogen) atoms. The van der Waals surface area contributed by atoms with Crippen molar-refractivity contribution in [1.29, 1.82) is 0 Å². The molecule has 108 valence electrons. The highest BCUT2D eigenvalue weighted by molar-refractivity contribution is 7.89. The number of benzene rings is 1. The van der Waals surface area contributed by atoms with Crippen LogP contribution in [0, 0.1) is 0 Å². The van der Waals surface area contributed by atoms with Crippen molar-refractivity contribution < 1.29 is 12.6 Å². The maximum atomic E-state index is 12.0. The molecule has 2 N–H and O–H groups in total. The molecule has 5 nitrogen and oxygen atoms in total. The lowest BCUT2D eigenvalue weighted by atomic mass is 10.1. The topological polar surface area (TPSA) is 75.3 Å². The van der Waals surface area contributed by atoms with Gasteiger partial charge in [0.15, 0.2) is 0 Å². The molecule has 1 aromatic rings. The van der Waals surface area contributed by atoms with Crippen LogP contribution in [0.2, 0.25) is 0 Å². The molecule has 7 heteroatoms. The average molecular weight is 304 g/mol. The van der Waals surface area contributed by atoms with Gasteiger partial charge in [0.25, 0.3) is 0 Å². The van der Waals surface area contributed by atoms with Gasteiger partial charge in [-0.05, 0) is 31.7 Å². The van der Waals surface area contributed by atoms with E-state index in [0.717, 1.165) is 5.56 Å². The Morgan fingerprint density at radius 1 is 1.37 bits per heavy atom. The molecule has 0 saturated carbocycles. The fourth-order valence-corrected chi connectivity index (χ4v) is 3.13. The maximum Gasteiger partial charge on any atom is 0.240 e. The van der Waals surface area contributed by atoms with Crippen molar-refractivity contribution in [3.63, 3.8) is 0 Å². The van der Waals surface area contributed by atoms with Crippen LogP contribution in [-0.4, -0.2) is 38.2 Å². The Bertz CT molecular complexity index is 544. The number of hydrogen-bond acceptors (Lipinski definition) is 4. The summed E-state index contributed by atoms with van der Waals surface area (Å²) in [5, 5.41) is 3.06. The van der Waals surface area contributed by atoms with Crippen molar-refractivity contribution in [2.45, 2.75) is 17.9 Å². The van der Waals surface area contributed by atoms with Gasteiger partial charge in [0.1, 0.15) is 0 Å². The number of hydrogen-bond donors (Lipinski definition) is 2. The molecule has 0 aliphatic heterocycles. The third-order valence-electron chi connectivity index (χ3n) is 2.78. The van der Waals surface area contributed by atoms with Crippen LogP contribution in [0.25, 0.3) is 0 Å². The van der Waals surface area contributed by atoms with Crippen molar-refractivity contribution in [2.75, 3.05) is 25.6 Å². The standard InChI is InChI=1S/C12H20N2O3S2/c1-10(13-2)11-5-4-6-12(9-11)19(16,17)14-7-8-18(3)15/h4-6,9-10,13-14H,7-8H2,1-3H3. The number of rotatable bonds is 7. The molecule has 0 aromatic heterocycles. The largest absolute Gasteiger partial charge is 0.313 e. The van der Waals surface area contributed by atoms with Gasteiger partial charge in [0.2, 0.25) is 10.0 Å². The van der Waals surface area contributed by atoms with Gasteiger partial charge in [-0.15, -0.1) is 0 Å². The van der Waals surface area contributed by atoms with Crippen molar-refractivity contribution in [3.05, 3.63) is 29.8 Å². The fraction of sp³-hybridized carbons (Fsp3) is 0.500. The van der Waals surface area contributed by atoms with Crippen LogP contribution in [0.5, 0.6) is 0 Å². The van der Waals surface area contributed by atoms with Gasteiger partial charge in [-0.25, -0.2) is 13.1 Å². The van der Waals surface area contributed by atoms with E-state index in [-0.39, 0.29) is 17.5 Å². The van der Waals surface area contributed by atoms with E-state index in [1.54, 1.807) is 24.5 Å². The smallest absolute Gasteiger partial charge is 0.240 e. The highest BCUT2D eigenvalue weighted by atomic mass is 32.2. The third-order valence-corrected chi connectivity index (χ3v) is 5.02. The van der Waals surface area contributed by atoms with E-state index in [4.69, 9.17) is 0 Å². The first-order valence-electron chi connectivity index (χ1n) is 5.93. The summed E-state index contributed by atoms with van der Waals surface area (Å²) in [6.07, 6.45) is 1.55. The molecular weight excluding hydrogens is 284 g/mol. The lowest BCUT2D eigenvalue weighted by Gasteiger charge is -2.12. The summed E-state index contributed by atoms with van der Waals surface area (Å²) >= 11 is 0. The van der Waals surface area contributed by atoms with Crippen LogP contribution < -0.4 is 10.0 Å². The monoisotopic (exact) mass is 304 g/mol. The van der Waals surface area contributed by atoms with E-state index >= 15 is 0 Å². The van der Waals surface area contributed by atoms with E-state index in [9.17, 15) is 12.6 Å². The van der Waals surface area contributed by atoms with Crippen LogP contribution in [0.15, 0.2) is 29.2 Å². The van der Waals surface area contributed by atoms with Crippen LogP contribution in [0.3, 0.4) is 0 Å². The Balaban J connectivity index is 2.86. The van der Waals surface area contributed by atoms with E-state index in [2.05, 4.69) is 10.0 Å². The predicted octanol–water partition coefficient (Wildman–Crippen LogP) is 0.624. The molecule has 1 aromatic carbocycles. The first-order valence-corrected chi connectivity index (χ1v) is 9.15. The van der Waals surface area contributed by atoms with Crippen LogP contribution >= 0.6 is 0 Å². The Hall–Kier alpha value is -0.760. The Kier molecular flexibility index (Phi) is 6.12. The van der Waals surface area contributed by atoms with E-state index in [1.165, 1.54) is 0 Å². The van der Waals surface area contributed by atoms with E-state index < -0.39 is 20.8 Å². The first-order chi connectivity index (χ1) is 8.86. The molecule has 2 atom stereocenters. The minimum Gasteiger partial charge on any atom is -0.313 e. The summed E-state index contributed by atoms with van der Waals surface area (Å²) in [5.74, 6) is 0.311. The normalized spacial score (nSPS) is 15.1. The second-order valence-corrected chi connectivity index (χ2v) is 7.58. The zero-order valence-corrected chi connectivity index (χ0v) is 13.0. The molecule has 0 heterocycles. The molecule has 0 saturated heterocycles. The van der Waals surface area contributed by atoms with Gasteiger partial charge in [-0.2, -0.15) is 0 Å². The fourth-order valence-electron chi connectivity index (χ4n) is 1.52. The molecule has 0 aliphatic rings. The SMILES string of the molecule is CNC(C)c1cccc(S(=O)(=O)NCCS(C)=O)c1. The predicted molar refractivity (Wildman–Crippen MR) is 78.0 cm³/mol. The van der Waals surface area contributed by atoms with Gasteiger partial charge < -0.3 is 5.32 Å². The zero-order valence-electron chi connectivity index (χ0n) is 11.3. The minimum atomic E-state index is -3.53. The Morgan fingerprint density at radius 2 is 2.05 bits per heavy atom. The number of sulfonamides is 1. The van der Waals surface area contributed by atoms with Crippen molar-refractivity contribution in [1.82, 2.24) is 10.0 Å². The van der Waals surface area contributed by atoms with Gasteiger partial charge >= 0.3 is 0 Å². The zero-order chi connectivity index (χ0) is 14.5. The van der Waals surface area contributed by atoms with Crippen molar-refractivity contribution in [2.24, 2.45) is 0 Å². The lowest BCUT2D eigenvalue weighted by molar-refractivity contribution is 0.583. The van der Waals surface area contributed by atoms with Crippen LogP contribution in [0.1, 0.15) is 18.5 Å². The number of nitrogens with one attached hydrogen (secondary N) is 2. The van der Waals surface area contributed by atoms with Gasteiger partial charge in [-0.3, -0.25) is 4.21 Å². The Labute approximate surface area is 117 Å². The molecule has 2 unspecified atom stereocenters. The van der Waals surface area contributed by atoms with Crippen molar-refractivity contribution >= 4 is 20.8 Å². The van der Waals surface area contributed by atoms with Crippen molar-refractivity contribution in [3.8, 4) is 0 Å². The quantitative estimate of drug-likeness (QED) is 0.774. The third kappa shape index (κ3) is 5.02. The van der Waals surface area contributed by atoms with Gasteiger partial charge in [0, 0.05) is 35.4 Å². The molecule has 0 radical (unpaired) electrons. The second-order valence-electron chi connectivity index (χ2n) is 4.26. The van der Waals surface area contributed by atoms with Crippen LogP contribution in [-0.2, 0) is 20.8 Å². The lowest BCUT2D eigenvalue weighted by Crippen LogP contribution is -2.28. The van der Waals surface area contributed by atoms with Gasteiger partial charge in [0.05, 0.1) is 4.90 Å². The minimum absolute atomic E-state index is 0.0818. The highest BCUT2D eigenvalue weighted by Crippen LogP contribution is 2.16. The van der Waals surface area contributed by atoms with Gasteiger partial charge in [-0.1, -0.05) is 12.1 Å². The molecule has 1 rings (SSSR count). The summed E-state index contributed by atoms with van der Waals surface area (Å²) in [6, 6.07) is 6.87. The molecular formula is C12H20N2O3S2. The summed E-state index contributed by atoms with van der Waals surface area (Å²) in [6.45, 7) is 2.14. The average Bonchev–Trinajstić information content (AvgIpc) is 2.37. The summed E-state index contributed by atoms with van der Waals surface area (Å²) in [7, 11) is -2.72. The molecule has 0 fully saturated rings. The summed E-state index contributed by atoms with van der Waals surface area (Å²) < 4.78 is 37.5. The highest BCUT2D eigenvalue weighted by Gasteiger charge is 2.15. The molecule has 0 bridgehead atoms. The second kappa shape index (κ2) is 7.14. The van der Waals surface area contributed by atoms with Crippen LogP contribution in [0.4, 0.5) is 0 Å². The summed E-state index contributed by atoms with van der Waals surface area (Å²) in [5.41, 5.74) is 0.907. The Morgan fingerprint density at radius 3 is 2.63 bits per heavy atom. The van der Waals surface area contributed by atoms with E-state index in [0.29, 0.717) is 5.75 Å². The summed E-state index contributed by atoms with van der Waals surface area (Å²) in [4.78, 5) is 0.231. The van der Waals surface area contributed by atoms with E-state index in [1.807, 2.05) is 20.0 Å². The first kappa shape index (κ1) is 16.3.